The summed E-state index contributed by atoms with van der Waals surface area (Å²) in [7, 11) is -1.11. The zero-order valence-corrected chi connectivity index (χ0v) is 15.8. The fourth-order valence-electron chi connectivity index (χ4n) is 2.23. The summed E-state index contributed by atoms with van der Waals surface area (Å²) in [4.78, 5) is 11.6. The van der Waals surface area contributed by atoms with E-state index in [0.29, 0.717) is 23.5 Å². The third-order valence-electron chi connectivity index (χ3n) is 3.47. The van der Waals surface area contributed by atoms with Gasteiger partial charge in [0.05, 0.1) is 5.39 Å². The van der Waals surface area contributed by atoms with Crippen molar-refractivity contribution in [3.8, 4) is 5.75 Å². The second-order valence-electron chi connectivity index (χ2n) is 6.84. The number of ether oxygens (including phenoxy) is 2. The van der Waals surface area contributed by atoms with E-state index in [9.17, 15) is 4.79 Å². The predicted molar refractivity (Wildman–Crippen MR) is 96.4 cm³/mol. The van der Waals surface area contributed by atoms with Crippen molar-refractivity contribution in [3.63, 3.8) is 0 Å². The molecule has 2 rings (SSSR count). The van der Waals surface area contributed by atoms with Gasteiger partial charge in [-0.25, -0.2) is 4.79 Å². The Labute approximate surface area is 142 Å². The molecule has 0 bridgehead atoms. The lowest BCUT2D eigenvalue weighted by molar-refractivity contribution is 0.0229. The second kappa shape index (κ2) is 7.51. The summed E-state index contributed by atoms with van der Waals surface area (Å²) < 4.78 is 16.6. The van der Waals surface area contributed by atoms with Crippen LogP contribution in [0, 0.1) is 6.92 Å². The Morgan fingerprint density at radius 1 is 1.22 bits per heavy atom. The van der Waals surface area contributed by atoms with Crippen molar-refractivity contribution in [3.05, 3.63) is 39.7 Å². The van der Waals surface area contributed by atoms with Gasteiger partial charge in [0.25, 0.3) is 0 Å². The number of hydrogen-bond acceptors (Lipinski definition) is 4. The number of hydrogen-bond donors (Lipinski definition) is 0. The SMILES string of the molecule is Cc1cc(OCOCC[Si](C)(C)C)c2c(CCl)cc(=O)oc2c1. The number of fused-ring (bicyclic) bond motifs is 1. The van der Waals surface area contributed by atoms with Gasteiger partial charge in [0.2, 0.25) is 0 Å². The number of alkyl halides is 1. The molecule has 23 heavy (non-hydrogen) atoms. The van der Waals surface area contributed by atoms with Gasteiger partial charge < -0.3 is 13.9 Å². The molecule has 0 atom stereocenters. The summed E-state index contributed by atoms with van der Waals surface area (Å²) in [5.41, 5.74) is 1.74. The normalized spacial score (nSPS) is 11.9. The van der Waals surface area contributed by atoms with Gasteiger partial charge in [0.15, 0.2) is 6.79 Å². The molecule has 0 saturated heterocycles. The molecule has 1 aromatic heterocycles. The lowest BCUT2D eigenvalue weighted by Crippen LogP contribution is -2.22. The molecule has 0 fully saturated rings. The van der Waals surface area contributed by atoms with E-state index in [1.165, 1.54) is 6.07 Å². The van der Waals surface area contributed by atoms with Crippen LogP contribution >= 0.6 is 11.6 Å². The fourth-order valence-corrected chi connectivity index (χ4v) is 3.20. The minimum Gasteiger partial charge on any atom is -0.467 e. The predicted octanol–water partition coefficient (Wildman–Crippen LogP) is 4.53. The lowest BCUT2D eigenvalue weighted by Gasteiger charge is -2.16. The number of benzene rings is 1. The van der Waals surface area contributed by atoms with Gasteiger partial charge in [-0.2, -0.15) is 0 Å². The van der Waals surface area contributed by atoms with Crippen LogP contribution in [-0.4, -0.2) is 21.5 Å². The minimum atomic E-state index is -1.11. The van der Waals surface area contributed by atoms with Crippen LogP contribution in [0.4, 0.5) is 0 Å². The molecule has 0 aliphatic rings. The Hall–Kier alpha value is -1.30. The molecule has 126 valence electrons. The Kier molecular flexibility index (Phi) is 5.89. The van der Waals surface area contributed by atoms with Crippen molar-refractivity contribution in [2.45, 2.75) is 38.5 Å². The van der Waals surface area contributed by atoms with E-state index < -0.39 is 13.7 Å². The highest BCUT2D eigenvalue weighted by molar-refractivity contribution is 6.76. The molecule has 4 nitrogen and oxygen atoms in total. The van der Waals surface area contributed by atoms with E-state index in [2.05, 4.69) is 19.6 Å². The van der Waals surface area contributed by atoms with Crippen molar-refractivity contribution in [1.82, 2.24) is 0 Å². The third-order valence-corrected chi connectivity index (χ3v) is 5.46. The number of aryl methyl sites for hydroxylation is 1. The molecule has 1 aromatic carbocycles. The largest absolute Gasteiger partial charge is 0.467 e. The first-order valence-electron chi connectivity index (χ1n) is 7.64. The molecule has 0 saturated carbocycles. The first-order chi connectivity index (χ1) is 10.8. The summed E-state index contributed by atoms with van der Waals surface area (Å²) in [5, 5.41) is 0.735. The third kappa shape index (κ3) is 5.09. The Morgan fingerprint density at radius 3 is 2.61 bits per heavy atom. The molecule has 0 spiro atoms. The Bertz CT molecular complexity index is 734. The molecule has 1 heterocycles. The second-order valence-corrected chi connectivity index (χ2v) is 12.7. The zero-order valence-electron chi connectivity index (χ0n) is 14.1. The molecule has 0 aliphatic heterocycles. The van der Waals surface area contributed by atoms with Gasteiger partial charge in [-0.15, -0.1) is 11.6 Å². The summed E-state index contributed by atoms with van der Waals surface area (Å²) in [6.07, 6.45) is 0. The van der Waals surface area contributed by atoms with E-state index in [1.807, 2.05) is 19.1 Å². The molecule has 0 amide bonds. The van der Waals surface area contributed by atoms with Crippen molar-refractivity contribution >= 4 is 30.6 Å². The van der Waals surface area contributed by atoms with Crippen LogP contribution in [0.15, 0.2) is 27.4 Å². The van der Waals surface area contributed by atoms with E-state index >= 15 is 0 Å². The van der Waals surface area contributed by atoms with Crippen molar-refractivity contribution in [1.29, 1.82) is 0 Å². The standard InChI is InChI=1S/C17H23ClO4Si/c1-12-7-14(21-11-20-5-6-23(2,3)4)17-13(10-18)9-16(19)22-15(17)8-12/h7-9H,5-6,10-11H2,1-4H3. The van der Waals surface area contributed by atoms with E-state index in [1.54, 1.807) is 0 Å². The molecular formula is C17H23ClO4Si. The van der Waals surface area contributed by atoms with Crippen LogP contribution < -0.4 is 10.4 Å². The van der Waals surface area contributed by atoms with E-state index in [4.69, 9.17) is 25.5 Å². The van der Waals surface area contributed by atoms with Gasteiger partial charge in [-0.05, 0) is 36.2 Å². The number of halogens is 1. The van der Waals surface area contributed by atoms with Crippen LogP contribution in [0.2, 0.25) is 25.7 Å². The molecular weight excluding hydrogens is 332 g/mol. The zero-order chi connectivity index (χ0) is 17.0. The van der Waals surface area contributed by atoms with Gasteiger partial charge in [0, 0.05) is 26.6 Å². The topological polar surface area (TPSA) is 48.7 Å². The van der Waals surface area contributed by atoms with Crippen LogP contribution in [-0.2, 0) is 10.6 Å². The molecule has 0 radical (unpaired) electrons. The first-order valence-corrected chi connectivity index (χ1v) is 11.9. The van der Waals surface area contributed by atoms with Gasteiger partial charge in [-0.1, -0.05) is 19.6 Å². The van der Waals surface area contributed by atoms with Crippen molar-refractivity contribution in [2.75, 3.05) is 13.4 Å². The highest BCUT2D eigenvalue weighted by atomic mass is 35.5. The summed E-state index contributed by atoms with van der Waals surface area (Å²) >= 11 is 5.96. The minimum absolute atomic E-state index is 0.171. The van der Waals surface area contributed by atoms with Crippen LogP contribution in [0.1, 0.15) is 11.1 Å². The molecule has 0 N–H and O–H groups in total. The van der Waals surface area contributed by atoms with E-state index in [0.717, 1.165) is 17.0 Å². The van der Waals surface area contributed by atoms with Crippen LogP contribution in [0.25, 0.3) is 11.0 Å². The summed E-state index contributed by atoms with van der Waals surface area (Å²) in [6.45, 7) is 9.70. The van der Waals surface area contributed by atoms with Crippen LogP contribution in [0.3, 0.4) is 0 Å². The smallest absolute Gasteiger partial charge is 0.336 e. The molecule has 0 unspecified atom stereocenters. The summed E-state index contributed by atoms with van der Waals surface area (Å²) in [5.74, 6) is 0.852. The maximum Gasteiger partial charge on any atom is 0.336 e. The van der Waals surface area contributed by atoms with E-state index in [-0.39, 0.29) is 12.7 Å². The average molecular weight is 355 g/mol. The van der Waals surface area contributed by atoms with Crippen molar-refractivity contribution < 1.29 is 13.9 Å². The Balaban J connectivity index is 2.18. The first kappa shape index (κ1) is 18.0. The average Bonchev–Trinajstić information content (AvgIpc) is 2.43. The maximum atomic E-state index is 11.6. The monoisotopic (exact) mass is 354 g/mol. The molecule has 2 aromatic rings. The highest BCUT2D eigenvalue weighted by Gasteiger charge is 2.14. The highest BCUT2D eigenvalue weighted by Crippen LogP contribution is 2.30. The van der Waals surface area contributed by atoms with Gasteiger partial charge >= 0.3 is 5.63 Å². The van der Waals surface area contributed by atoms with Crippen LogP contribution in [0.5, 0.6) is 5.75 Å². The lowest BCUT2D eigenvalue weighted by atomic mass is 10.1. The van der Waals surface area contributed by atoms with Crippen molar-refractivity contribution in [2.24, 2.45) is 0 Å². The Morgan fingerprint density at radius 2 is 1.96 bits per heavy atom. The fraction of sp³-hybridized carbons (Fsp3) is 0.471. The molecule has 0 aliphatic carbocycles. The van der Waals surface area contributed by atoms with Gasteiger partial charge in [-0.3, -0.25) is 0 Å². The molecule has 6 heteroatoms. The maximum absolute atomic E-state index is 11.6. The quantitative estimate of drug-likeness (QED) is 0.241. The summed E-state index contributed by atoms with van der Waals surface area (Å²) in [6, 6.07) is 6.21. The van der Waals surface area contributed by atoms with Gasteiger partial charge in [0.1, 0.15) is 11.3 Å². The number of rotatable bonds is 7.